The van der Waals surface area contributed by atoms with E-state index in [0.29, 0.717) is 0 Å². The number of nitrogens with zero attached hydrogens (tertiary/aromatic N) is 2. The second-order valence-corrected chi connectivity index (χ2v) is 11.2. The second-order valence-electron chi connectivity index (χ2n) is 10.1. The van der Waals surface area contributed by atoms with Crippen LogP contribution in [0.4, 0.5) is 0 Å². The van der Waals surface area contributed by atoms with Gasteiger partial charge in [0.2, 0.25) is 0 Å². The predicted molar refractivity (Wildman–Crippen MR) is 168 cm³/mol. The molecule has 0 saturated heterocycles. The number of para-hydroxylation sites is 4. The van der Waals surface area contributed by atoms with Crippen molar-refractivity contribution in [2.24, 2.45) is 0 Å². The van der Waals surface area contributed by atoms with Crippen molar-refractivity contribution in [1.29, 1.82) is 0 Å². The normalized spacial score (nSPS) is 12.1. The lowest BCUT2D eigenvalue weighted by Gasteiger charge is -2.14. The van der Waals surface area contributed by atoms with Crippen LogP contribution in [0.25, 0.3) is 75.2 Å². The predicted octanol–water partition coefficient (Wildman–Crippen LogP) is 10.2. The Hall–Kier alpha value is -4.86. The molecule has 0 bridgehead atoms. The molecule has 0 atom stereocenters. The summed E-state index contributed by atoms with van der Waals surface area (Å²) in [5.74, 6) is 0. The van der Waals surface area contributed by atoms with Crippen LogP contribution in [0.3, 0.4) is 0 Å². The van der Waals surface area contributed by atoms with Gasteiger partial charge in [0, 0.05) is 47.4 Å². The number of aromatic nitrogens is 2. The van der Waals surface area contributed by atoms with Crippen LogP contribution in [-0.2, 0) is 0 Å². The van der Waals surface area contributed by atoms with Gasteiger partial charge in [-0.1, -0.05) is 91.0 Å². The van der Waals surface area contributed by atoms with Gasteiger partial charge in [0.25, 0.3) is 0 Å². The Balaban J connectivity index is 1.53. The third kappa shape index (κ3) is 2.80. The smallest absolute Gasteiger partial charge is 0.0782 e. The lowest BCUT2D eigenvalue weighted by atomic mass is 10.1. The van der Waals surface area contributed by atoms with Gasteiger partial charge >= 0.3 is 0 Å². The van der Waals surface area contributed by atoms with Gasteiger partial charge in [-0.2, -0.15) is 0 Å². The van der Waals surface area contributed by atoms with Gasteiger partial charge in [-0.3, -0.25) is 0 Å². The molecule has 39 heavy (non-hydrogen) atoms. The Bertz CT molecular complexity index is 2330. The molecule has 2 nitrogen and oxygen atoms in total. The van der Waals surface area contributed by atoms with Gasteiger partial charge in [0.05, 0.1) is 27.8 Å². The van der Waals surface area contributed by atoms with E-state index in [0.717, 1.165) is 0 Å². The molecule has 9 aromatic rings. The van der Waals surface area contributed by atoms with Crippen molar-refractivity contribution in [3.8, 4) is 11.4 Å². The molecule has 0 aliphatic heterocycles. The highest BCUT2D eigenvalue weighted by Gasteiger charge is 2.22. The maximum atomic E-state index is 2.47. The fourth-order valence-corrected chi connectivity index (χ4v) is 7.78. The lowest BCUT2D eigenvalue weighted by Crippen LogP contribution is -2.00. The highest BCUT2D eigenvalue weighted by Crippen LogP contribution is 2.45. The summed E-state index contributed by atoms with van der Waals surface area (Å²) in [5, 5.41) is 7.83. The Kier molecular flexibility index (Phi) is 4.24. The number of hydrogen-bond acceptors (Lipinski definition) is 1. The summed E-state index contributed by atoms with van der Waals surface area (Å²) in [5.41, 5.74) is 7.29. The van der Waals surface area contributed by atoms with E-state index in [1.165, 1.54) is 75.2 Å². The quantitative estimate of drug-likeness (QED) is 0.217. The van der Waals surface area contributed by atoms with Gasteiger partial charge in [-0.05, 0) is 42.5 Å². The molecule has 3 aromatic heterocycles. The van der Waals surface area contributed by atoms with Gasteiger partial charge in [0.15, 0.2) is 0 Å². The number of thiophene rings is 1. The zero-order valence-corrected chi connectivity index (χ0v) is 21.8. The first-order chi connectivity index (χ1) is 19.4. The summed E-state index contributed by atoms with van der Waals surface area (Å²) in [6.45, 7) is 0. The van der Waals surface area contributed by atoms with Crippen molar-refractivity contribution in [2.45, 2.75) is 0 Å². The van der Waals surface area contributed by atoms with Crippen molar-refractivity contribution >= 4 is 75.1 Å². The number of benzene rings is 6. The highest BCUT2D eigenvalue weighted by atomic mass is 32.1. The zero-order chi connectivity index (χ0) is 25.5. The largest absolute Gasteiger partial charge is 0.307 e. The fraction of sp³-hybridized carbons (Fsp3) is 0. The van der Waals surface area contributed by atoms with Gasteiger partial charge in [-0.25, -0.2) is 0 Å². The first-order valence-electron chi connectivity index (χ1n) is 13.3. The maximum Gasteiger partial charge on any atom is 0.0782 e. The molecule has 0 radical (unpaired) electrons. The first-order valence-corrected chi connectivity index (χ1v) is 14.1. The third-order valence-corrected chi connectivity index (χ3v) is 9.31. The minimum atomic E-state index is 1.17. The highest BCUT2D eigenvalue weighted by molar-refractivity contribution is 7.26. The molecule has 0 saturated carbocycles. The van der Waals surface area contributed by atoms with E-state index in [1.807, 2.05) is 11.3 Å². The molecular weight excluding hydrogens is 492 g/mol. The topological polar surface area (TPSA) is 9.86 Å². The van der Waals surface area contributed by atoms with Crippen LogP contribution >= 0.6 is 11.3 Å². The first kappa shape index (κ1) is 21.1. The summed E-state index contributed by atoms with van der Waals surface area (Å²) in [6.07, 6.45) is 0. The molecule has 0 amide bonds. The van der Waals surface area contributed by atoms with Gasteiger partial charge in [-0.15, -0.1) is 11.3 Å². The van der Waals surface area contributed by atoms with Crippen molar-refractivity contribution in [3.63, 3.8) is 0 Å². The molecule has 0 spiro atoms. The molecule has 0 aliphatic carbocycles. The summed E-state index contributed by atoms with van der Waals surface area (Å²) >= 11 is 1.90. The van der Waals surface area contributed by atoms with E-state index in [9.17, 15) is 0 Å². The number of rotatable bonds is 2. The summed E-state index contributed by atoms with van der Waals surface area (Å²) in [6, 6.07) is 48.5. The fourth-order valence-electron chi connectivity index (χ4n) is 6.52. The summed E-state index contributed by atoms with van der Waals surface area (Å²) in [4.78, 5) is 0. The minimum Gasteiger partial charge on any atom is -0.307 e. The third-order valence-electron chi connectivity index (χ3n) is 8.11. The lowest BCUT2D eigenvalue weighted by molar-refractivity contribution is 1.13. The van der Waals surface area contributed by atoms with Crippen LogP contribution < -0.4 is 0 Å². The average molecular weight is 515 g/mol. The van der Waals surface area contributed by atoms with Crippen LogP contribution in [0.1, 0.15) is 0 Å². The van der Waals surface area contributed by atoms with Crippen molar-refractivity contribution in [2.75, 3.05) is 0 Å². The van der Waals surface area contributed by atoms with Crippen LogP contribution in [0.2, 0.25) is 0 Å². The Morgan fingerprint density at radius 2 is 1.05 bits per heavy atom. The molecule has 6 aromatic carbocycles. The van der Waals surface area contributed by atoms with Gasteiger partial charge in [0.1, 0.15) is 0 Å². The molecule has 3 heteroatoms. The SMILES string of the molecule is c1ccc(-n2c3ccc4c5ccccc5sc4c3c3cccc(-n4c5ccccc5c5ccccc54)c32)cc1. The van der Waals surface area contributed by atoms with E-state index >= 15 is 0 Å². The van der Waals surface area contributed by atoms with Crippen LogP contribution in [0.5, 0.6) is 0 Å². The molecule has 9 rings (SSSR count). The van der Waals surface area contributed by atoms with Crippen LogP contribution in [-0.4, -0.2) is 9.13 Å². The van der Waals surface area contributed by atoms with E-state index < -0.39 is 0 Å². The van der Waals surface area contributed by atoms with E-state index in [2.05, 4.69) is 143 Å². The monoisotopic (exact) mass is 514 g/mol. The maximum absolute atomic E-state index is 2.47. The van der Waals surface area contributed by atoms with E-state index in [4.69, 9.17) is 0 Å². The summed E-state index contributed by atoms with van der Waals surface area (Å²) in [7, 11) is 0. The van der Waals surface area contributed by atoms with Crippen LogP contribution in [0.15, 0.2) is 133 Å². The van der Waals surface area contributed by atoms with Crippen molar-refractivity contribution < 1.29 is 0 Å². The van der Waals surface area contributed by atoms with Gasteiger partial charge < -0.3 is 9.13 Å². The van der Waals surface area contributed by atoms with Crippen molar-refractivity contribution in [3.05, 3.63) is 133 Å². The Morgan fingerprint density at radius 3 is 1.82 bits per heavy atom. The number of fused-ring (bicyclic) bond motifs is 10. The van der Waals surface area contributed by atoms with Crippen molar-refractivity contribution in [1.82, 2.24) is 9.13 Å². The molecule has 0 N–H and O–H groups in total. The molecule has 0 fully saturated rings. The molecular formula is C36H22N2S. The Morgan fingerprint density at radius 1 is 0.410 bits per heavy atom. The van der Waals surface area contributed by atoms with Crippen LogP contribution in [0, 0.1) is 0 Å². The molecule has 3 heterocycles. The van der Waals surface area contributed by atoms with E-state index in [-0.39, 0.29) is 0 Å². The molecule has 0 aliphatic rings. The standard InChI is InChI=1S/C36H22N2S/c1-2-11-23(12-3-1)37-31-22-21-27-26-15-6-9-20-33(26)39-36(27)34(31)28-16-10-19-32(35(28)37)38-29-17-7-4-13-24(29)25-14-5-8-18-30(25)38/h1-22H. The number of hydrogen-bond donors (Lipinski definition) is 0. The molecule has 0 unspecified atom stereocenters. The second kappa shape index (κ2) is 7.83. The average Bonchev–Trinajstić information content (AvgIpc) is 3.65. The minimum absolute atomic E-state index is 1.17. The Labute approximate surface area is 228 Å². The van der Waals surface area contributed by atoms with E-state index in [1.54, 1.807) is 0 Å². The zero-order valence-electron chi connectivity index (χ0n) is 21.0. The molecule has 182 valence electrons. The summed E-state index contributed by atoms with van der Waals surface area (Å²) < 4.78 is 7.60.